The van der Waals surface area contributed by atoms with Crippen LogP contribution in [0.25, 0.3) is 10.9 Å². The number of hydrogen-bond acceptors (Lipinski definition) is 2. The number of aryl methyl sites for hydroxylation is 2. The molecule has 0 aliphatic heterocycles. The number of benzene rings is 1. The highest BCUT2D eigenvalue weighted by Gasteiger charge is 2.10. The molecular formula is C14H18N2O2. The highest BCUT2D eigenvalue weighted by atomic mass is 16.3. The summed E-state index contributed by atoms with van der Waals surface area (Å²) in [6.07, 6.45) is 0.574. The second kappa shape index (κ2) is 5.23. The zero-order chi connectivity index (χ0) is 13.1. The lowest BCUT2D eigenvalue weighted by Crippen LogP contribution is -2.25. The van der Waals surface area contributed by atoms with Crippen molar-refractivity contribution in [3.63, 3.8) is 0 Å². The summed E-state index contributed by atoms with van der Waals surface area (Å²) in [4.78, 5) is 15.0. The van der Waals surface area contributed by atoms with E-state index in [1.54, 1.807) is 0 Å². The zero-order valence-electron chi connectivity index (χ0n) is 10.7. The van der Waals surface area contributed by atoms with Gasteiger partial charge in [-0.25, -0.2) is 0 Å². The Labute approximate surface area is 106 Å². The number of H-pyrrole nitrogens is 1. The predicted molar refractivity (Wildman–Crippen MR) is 71.8 cm³/mol. The highest BCUT2D eigenvalue weighted by Crippen LogP contribution is 2.21. The molecule has 0 saturated carbocycles. The smallest absolute Gasteiger partial charge is 0.267 e. The fourth-order valence-electron chi connectivity index (χ4n) is 2.10. The van der Waals surface area contributed by atoms with Gasteiger partial charge >= 0.3 is 0 Å². The van der Waals surface area contributed by atoms with Crippen LogP contribution in [0.3, 0.4) is 0 Å². The molecule has 4 heteroatoms. The molecule has 0 aliphatic rings. The van der Waals surface area contributed by atoms with Gasteiger partial charge in [0.2, 0.25) is 0 Å². The Hall–Kier alpha value is -1.81. The van der Waals surface area contributed by atoms with Gasteiger partial charge < -0.3 is 15.4 Å². The minimum Gasteiger partial charge on any atom is -0.396 e. The monoisotopic (exact) mass is 246 g/mol. The summed E-state index contributed by atoms with van der Waals surface area (Å²) in [7, 11) is 0. The van der Waals surface area contributed by atoms with Crippen molar-refractivity contribution in [2.45, 2.75) is 20.3 Å². The van der Waals surface area contributed by atoms with Crippen LogP contribution >= 0.6 is 0 Å². The number of hydrogen-bond donors (Lipinski definition) is 3. The first-order valence-corrected chi connectivity index (χ1v) is 6.11. The lowest BCUT2D eigenvalue weighted by molar-refractivity contribution is 0.0947. The molecule has 4 nitrogen and oxygen atoms in total. The summed E-state index contributed by atoms with van der Waals surface area (Å²) < 4.78 is 0. The van der Waals surface area contributed by atoms with Crippen molar-refractivity contribution in [1.82, 2.24) is 10.3 Å². The van der Waals surface area contributed by atoms with Crippen molar-refractivity contribution >= 4 is 16.8 Å². The number of carbonyl (C=O) groups is 1. The molecule has 96 valence electrons. The fourth-order valence-corrected chi connectivity index (χ4v) is 2.10. The van der Waals surface area contributed by atoms with Gasteiger partial charge in [-0.2, -0.15) is 0 Å². The summed E-state index contributed by atoms with van der Waals surface area (Å²) in [5.41, 5.74) is 3.89. The normalized spacial score (nSPS) is 10.8. The molecule has 1 aromatic carbocycles. The average molecular weight is 246 g/mol. The Morgan fingerprint density at radius 2 is 2.11 bits per heavy atom. The summed E-state index contributed by atoms with van der Waals surface area (Å²) in [5, 5.41) is 12.5. The Kier molecular flexibility index (Phi) is 3.67. The van der Waals surface area contributed by atoms with Crippen LogP contribution in [0.5, 0.6) is 0 Å². The van der Waals surface area contributed by atoms with Gasteiger partial charge in [0.15, 0.2) is 0 Å². The van der Waals surface area contributed by atoms with E-state index < -0.39 is 0 Å². The topological polar surface area (TPSA) is 65.1 Å². The van der Waals surface area contributed by atoms with Crippen LogP contribution < -0.4 is 5.32 Å². The number of amides is 1. The predicted octanol–water partition coefficient (Wildman–Crippen LogP) is 1.90. The zero-order valence-corrected chi connectivity index (χ0v) is 10.7. The second-order valence-electron chi connectivity index (χ2n) is 4.56. The first-order chi connectivity index (χ1) is 8.61. The fraction of sp³-hybridized carbons (Fsp3) is 0.357. The van der Waals surface area contributed by atoms with Crippen LogP contribution in [0.2, 0.25) is 0 Å². The Bertz CT molecular complexity index is 572. The van der Waals surface area contributed by atoms with Crippen molar-refractivity contribution in [3.8, 4) is 0 Å². The van der Waals surface area contributed by atoms with Crippen LogP contribution in [0, 0.1) is 13.8 Å². The van der Waals surface area contributed by atoms with E-state index in [4.69, 9.17) is 5.11 Å². The third-order valence-electron chi connectivity index (χ3n) is 2.95. The lowest BCUT2D eigenvalue weighted by atomic mass is 10.1. The van der Waals surface area contributed by atoms with Crippen LogP contribution in [-0.4, -0.2) is 29.1 Å². The van der Waals surface area contributed by atoms with Gasteiger partial charge in [0.25, 0.3) is 5.91 Å². The van der Waals surface area contributed by atoms with E-state index in [1.807, 2.05) is 26.0 Å². The van der Waals surface area contributed by atoms with Gasteiger partial charge in [-0.3, -0.25) is 4.79 Å². The van der Waals surface area contributed by atoms with Gasteiger partial charge in [-0.05, 0) is 43.5 Å². The molecule has 0 saturated heterocycles. The molecule has 0 fully saturated rings. The quantitative estimate of drug-likeness (QED) is 0.721. The minimum absolute atomic E-state index is 0.0886. The van der Waals surface area contributed by atoms with Crippen molar-refractivity contribution in [1.29, 1.82) is 0 Å². The van der Waals surface area contributed by atoms with Crippen molar-refractivity contribution < 1.29 is 9.90 Å². The van der Waals surface area contributed by atoms with E-state index in [9.17, 15) is 4.79 Å². The van der Waals surface area contributed by atoms with Crippen LogP contribution in [0.15, 0.2) is 18.2 Å². The molecule has 2 aromatic rings. The molecular weight excluding hydrogens is 228 g/mol. The van der Waals surface area contributed by atoms with Crippen LogP contribution in [0.1, 0.15) is 28.0 Å². The number of fused-ring (bicyclic) bond motifs is 1. The molecule has 0 aliphatic carbocycles. The average Bonchev–Trinajstić information content (AvgIpc) is 2.73. The number of aromatic nitrogens is 1. The standard InChI is InChI=1S/C14H18N2O2/c1-9-6-10(2)11-8-13(16-12(11)7-9)14(18)15-4-3-5-17/h6-8,16-17H,3-5H2,1-2H3,(H,15,18). The second-order valence-corrected chi connectivity index (χ2v) is 4.56. The summed E-state index contributed by atoms with van der Waals surface area (Å²) >= 11 is 0. The number of aliphatic hydroxyl groups excluding tert-OH is 1. The summed E-state index contributed by atoms with van der Waals surface area (Å²) in [6, 6.07) is 6.01. The van der Waals surface area contributed by atoms with Gasteiger partial charge in [-0.15, -0.1) is 0 Å². The molecule has 18 heavy (non-hydrogen) atoms. The maximum atomic E-state index is 11.9. The Morgan fingerprint density at radius 3 is 2.83 bits per heavy atom. The molecule has 0 spiro atoms. The van der Waals surface area contributed by atoms with E-state index in [0.29, 0.717) is 18.7 Å². The van der Waals surface area contributed by atoms with E-state index in [1.165, 1.54) is 5.56 Å². The van der Waals surface area contributed by atoms with Gasteiger partial charge in [0.05, 0.1) is 0 Å². The minimum atomic E-state index is -0.128. The van der Waals surface area contributed by atoms with E-state index in [2.05, 4.69) is 16.4 Å². The highest BCUT2D eigenvalue weighted by molar-refractivity contribution is 5.98. The number of carbonyl (C=O) groups excluding carboxylic acids is 1. The van der Waals surface area contributed by atoms with Gasteiger partial charge in [0.1, 0.15) is 5.69 Å². The van der Waals surface area contributed by atoms with Crippen LogP contribution in [0.4, 0.5) is 0 Å². The van der Waals surface area contributed by atoms with Crippen molar-refractivity contribution in [2.75, 3.05) is 13.2 Å². The third-order valence-corrected chi connectivity index (χ3v) is 2.95. The van der Waals surface area contributed by atoms with Crippen LogP contribution in [-0.2, 0) is 0 Å². The first kappa shape index (κ1) is 12.6. The molecule has 0 unspecified atom stereocenters. The third kappa shape index (κ3) is 2.54. The number of rotatable bonds is 4. The van der Waals surface area contributed by atoms with E-state index >= 15 is 0 Å². The number of nitrogens with one attached hydrogen (secondary N) is 2. The Balaban J connectivity index is 2.24. The molecule has 3 N–H and O–H groups in total. The van der Waals surface area contributed by atoms with Crippen molar-refractivity contribution in [2.24, 2.45) is 0 Å². The molecule has 2 rings (SSSR count). The first-order valence-electron chi connectivity index (χ1n) is 6.11. The molecule has 1 aromatic heterocycles. The molecule has 0 radical (unpaired) electrons. The maximum Gasteiger partial charge on any atom is 0.267 e. The summed E-state index contributed by atoms with van der Waals surface area (Å²) in [6.45, 7) is 4.65. The van der Waals surface area contributed by atoms with E-state index in [-0.39, 0.29) is 12.5 Å². The molecule has 1 heterocycles. The summed E-state index contributed by atoms with van der Waals surface area (Å²) in [5.74, 6) is -0.128. The van der Waals surface area contributed by atoms with Crippen molar-refractivity contribution in [3.05, 3.63) is 35.0 Å². The van der Waals surface area contributed by atoms with E-state index in [0.717, 1.165) is 16.5 Å². The number of aliphatic hydroxyl groups is 1. The largest absolute Gasteiger partial charge is 0.396 e. The van der Waals surface area contributed by atoms with Gasteiger partial charge in [0, 0.05) is 24.1 Å². The lowest BCUT2D eigenvalue weighted by Gasteiger charge is -2.00. The molecule has 1 amide bonds. The number of aromatic amines is 1. The molecule has 0 bridgehead atoms. The molecule has 0 atom stereocenters. The van der Waals surface area contributed by atoms with Gasteiger partial charge in [-0.1, -0.05) is 6.07 Å². The maximum absolute atomic E-state index is 11.9. The Morgan fingerprint density at radius 1 is 1.33 bits per heavy atom. The SMILES string of the molecule is Cc1cc(C)c2cc(C(=O)NCCCO)[nH]c2c1.